The summed E-state index contributed by atoms with van der Waals surface area (Å²) < 4.78 is 0. The maximum Gasteiger partial charge on any atom is 0.249 e. The normalized spacial score (nSPS) is 51.6. The molecule has 0 spiro atoms. The topological polar surface area (TPSA) is 38.3 Å². The molecular formula is C14H23NO2. The van der Waals surface area contributed by atoms with Gasteiger partial charge in [0, 0.05) is 0 Å². The van der Waals surface area contributed by atoms with Crippen molar-refractivity contribution in [3.05, 3.63) is 0 Å². The average molecular weight is 237 g/mol. The minimum absolute atomic E-state index is 0.126. The number of carbonyl (C=O) groups excluding carboxylic acids is 1. The summed E-state index contributed by atoms with van der Waals surface area (Å²) in [5, 5.41) is 0. The molecule has 3 nitrogen and oxygen atoms in total. The van der Waals surface area contributed by atoms with Gasteiger partial charge in [-0.2, -0.15) is 0 Å². The van der Waals surface area contributed by atoms with Crippen molar-refractivity contribution < 1.29 is 9.63 Å². The Morgan fingerprint density at radius 1 is 1.12 bits per heavy atom. The van der Waals surface area contributed by atoms with Gasteiger partial charge in [0.1, 0.15) is 0 Å². The van der Waals surface area contributed by atoms with Crippen molar-refractivity contribution in [1.82, 2.24) is 5.48 Å². The summed E-state index contributed by atoms with van der Waals surface area (Å²) in [5.41, 5.74) is 3.23. The maximum atomic E-state index is 12.3. The van der Waals surface area contributed by atoms with Crippen LogP contribution in [0, 0.1) is 22.2 Å². The largest absolute Gasteiger partial charge is 0.277 e. The van der Waals surface area contributed by atoms with Gasteiger partial charge in [-0.1, -0.05) is 13.8 Å². The summed E-state index contributed by atoms with van der Waals surface area (Å²) in [7, 11) is 1.53. The summed E-state index contributed by atoms with van der Waals surface area (Å²) in [6, 6.07) is 0. The molecule has 0 heterocycles. The number of hydroxylamine groups is 1. The highest BCUT2D eigenvalue weighted by Gasteiger charge is 2.62. The van der Waals surface area contributed by atoms with Crippen LogP contribution in [0.25, 0.3) is 0 Å². The van der Waals surface area contributed by atoms with E-state index in [1.165, 1.54) is 26.4 Å². The summed E-state index contributed by atoms with van der Waals surface area (Å²) >= 11 is 0. The first kappa shape index (κ1) is 11.5. The smallest absolute Gasteiger partial charge is 0.249 e. The molecular weight excluding hydrogens is 214 g/mol. The van der Waals surface area contributed by atoms with E-state index < -0.39 is 0 Å². The second-order valence-electron chi connectivity index (χ2n) is 7.55. The quantitative estimate of drug-likeness (QED) is 0.750. The summed E-state index contributed by atoms with van der Waals surface area (Å²) in [4.78, 5) is 17.2. The predicted molar refractivity (Wildman–Crippen MR) is 65.0 cm³/mol. The summed E-state index contributed by atoms with van der Waals surface area (Å²) in [6.07, 6.45) is 7.14. The standard InChI is InChI=1S/C14H23NO2/c1-12-4-10-5-13(2,7-12)9-14(6-10,8-12)11(16)15-17-3/h10H,4-9H2,1-3H3,(H,15,16). The lowest BCUT2D eigenvalue weighted by Gasteiger charge is -2.64. The van der Waals surface area contributed by atoms with Crippen molar-refractivity contribution in [2.75, 3.05) is 7.11 Å². The van der Waals surface area contributed by atoms with Crippen molar-refractivity contribution in [2.45, 2.75) is 52.4 Å². The highest BCUT2D eigenvalue weighted by molar-refractivity contribution is 5.82. The van der Waals surface area contributed by atoms with Gasteiger partial charge in [-0.25, -0.2) is 5.48 Å². The first-order valence-electron chi connectivity index (χ1n) is 6.72. The molecule has 2 atom stereocenters. The van der Waals surface area contributed by atoms with Crippen LogP contribution in [0.5, 0.6) is 0 Å². The molecule has 2 unspecified atom stereocenters. The zero-order valence-electron chi connectivity index (χ0n) is 11.1. The second-order valence-corrected chi connectivity index (χ2v) is 7.55. The molecule has 4 aliphatic rings. The highest BCUT2D eigenvalue weighted by Crippen LogP contribution is 2.69. The zero-order valence-corrected chi connectivity index (χ0v) is 11.1. The van der Waals surface area contributed by atoms with Gasteiger partial charge < -0.3 is 0 Å². The molecule has 0 saturated heterocycles. The van der Waals surface area contributed by atoms with Gasteiger partial charge in [-0.15, -0.1) is 0 Å². The molecule has 0 aromatic carbocycles. The van der Waals surface area contributed by atoms with E-state index in [-0.39, 0.29) is 11.3 Å². The van der Waals surface area contributed by atoms with Crippen molar-refractivity contribution in [3.8, 4) is 0 Å². The molecule has 0 aromatic rings. The summed E-state index contributed by atoms with van der Waals surface area (Å²) in [6.45, 7) is 4.76. The number of amides is 1. The highest BCUT2D eigenvalue weighted by atomic mass is 16.6. The van der Waals surface area contributed by atoms with E-state index >= 15 is 0 Å². The van der Waals surface area contributed by atoms with E-state index in [2.05, 4.69) is 19.3 Å². The molecule has 1 N–H and O–H groups in total. The fourth-order valence-electron chi connectivity index (χ4n) is 5.90. The average Bonchev–Trinajstić information content (AvgIpc) is 2.11. The molecule has 3 heteroatoms. The predicted octanol–water partition coefficient (Wildman–Crippen LogP) is 2.66. The third-order valence-corrected chi connectivity index (χ3v) is 5.30. The van der Waals surface area contributed by atoms with E-state index in [4.69, 9.17) is 4.84 Å². The number of hydrogen-bond acceptors (Lipinski definition) is 2. The molecule has 96 valence electrons. The Labute approximate surface area is 103 Å². The molecule has 17 heavy (non-hydrogen) atoms. The number of hydrogen-bond donors (Lipinski definition) is 1. The second kappa shape index (κ2) is 3.25. The van der Waals surface area contributed by atoms with Crippen LogP contribution in [0.15, 0.2) is 0 Å². The molecule has 4 aliphatic carbocycles. The number of rotatable bonds is 2. The fourth-order valence-corrected chi connectivity index (χ4v) is 5.90. The lowest BCUT2D eigenvalue weighted by molar-refractivity contribution is -0.178. The van der Waals surface area contributed by atoms with E-state index in [1.54, 1.807) is 0 Å². The third-order valence-electron chi connectivity index (χ3n) is 5.30. The van der Waals surface area contributed by atoms with Crippen LogP contribution in [0.4, 0.5) is 0 Å². The van der Waals surface area contributed by atoms with Crippen LogP contribution in [0.2, 0.25) is 0 Å². The van der Waals surface area contributed by atoms with Gasteiger partial charge in [-0.3, -0.25) is 9.63 Å². The first-order valence-corrected chi connectivity index (χ1v) is 6.72. The van der Waals surface area contributed by atoms with Crippen molar-refractivity contribution in [3.63, 3.8) is 0 Å². The van der Waals surface area contributed by atoms with Gasteiger partial charge in [0.15, 0.2) is 0 Å². The summed E-state index contributed by atoms with van der Waals surface area (Å²) in [5.74, 6) is 0.880. The Balaban J connectivity index is 1.94. The van der Waals surface area contributed by atoms with Gasteiger partial charge in [0.05, 0.1) is 12.5 Å². The lowest BCUT2D eigenvalue weighted by atomic mass is 9.40. The number of nitrogens with one attached hydrogen (secondary N) is 1. The van der Waals surface area contributed by atoms with Crippen LogP contribution in [-0.2, 0) is 9.63 Å². The zero-order chi connectivity index (χ0) is 12.3. The van der Waals surface area contributed by atoms with Crippen molar-refractivity contribution in [2.24, 2.45) is 22.2 Å². The fraction of sp³-hybridized carbons (Fsp3) is 0.929. The monoisotopic (exact) mass is 237 g/mol. The number of carbonyl (C=O) groups is 1. The Hall–Kier alpha value is -0.570. The van der Waals surface area contributed by atoms with Crippen molar-refractivity contribution in [1.29, 1.82) is 0 Å². The molecule has 0 aliphatic heterocycles. The van der Waals surface area contributed by atoms with Crippen LogP contribution < -0.4 is 5.48 Å². The minimum Gasteiger partial charge on any atom is -0.277 e. The maximum absolute atomic E-state index is 12.3. The Bertz CT molecular complexity index is 347. The van der Waals surface area contributed by atoms with Gasteiger partial charge in [0.25, 0.3) is 0 Å². The van der Waals surface area contributed by atoms with Crippen LogP contribution in [0.3, 0.4) is 0 Å². The molecule has 4 saturated carbocycles. The van der Waals surface area contributed by atoms with Gasteiger partial charge >= 0.3 is 0 Å². The van der Waals surface area contributed by atoms with E-state index in [0.29, 0.717) is 10.8 Å². The first-order chi connectivity index (χ1) is 7.89. The molecule has 4 bridgehead atoms. The lowest BCUT2D eigenvalue weighted by Crippen LogP contribution is -2.59. The molecule has 4 rings (SSSR count). The van der Waals surface area contributed by atoms with Gasteiger partial charge in [0.2, 0.25) is 5.91 Å². The van der Waals surface area contributed by atoms with Crippen LogP contribution >= 0.6 is 0 Å². The van der Waals surface area contributed by atoms with Gasteiger partial charge in [-0.05, 0) is 55.3 Å². The SMILES string of the molecule is CONC(=O)C12CC3CC(C)(CC(C)(C3)C1)C2. The van der Waals surface area contributed by atoms with Crippen molar-refractivity contribution >= 4 is 5.91 Å². The molecule has 1 amide bonds. The van der Waals surface area contributed by atoms with Crippen LogP contribution in [-0.4, -0.2) is 13.0 Å². The van der Waals surface area contributed by atoms with E-state index in [0.717, 1.165) is 25.2 Å². The van der Waals surface area contributed by atoms with E-state index in [9.17, 15) is 4.79 Å². The van der Waals surface area contributed by atoms with E-state index in [1.807, 2.05) is 0 Å². The van der Waals surface area contributed by atoms with Crippen LogP contribution in [0.1, 0.15) is 52.4 Å². The Kier molecular flexibility index (Phi) is 2.20. The molecule has 0 radical (unpaired) electrons. The molecule has 0 aromatic heterocycles. The Morgan fingerprint density at radius 3 is 2.18 bits per heavy atom. The molecule has 4 fully saturated rings. The third kappa shape index (κ3) is 1.62. The minimum atomic E-state index is -0.140. The Morgan fingerprint density at radius 2 is 1.71 bits per heavy atom.